The molecule has 0 radical (unpaired) electrons. The molecule has 0 aromatic rings. The lowest BCUT2D eigenvalue weighted by Gasteiger charge is -2.37. The van der Waals surface area contributed by atoms with Gasteiger partial charge >= 0.3 is 11.9 Å². The molecule has 5 unspecified atom stereocenters. The standard InChI is InChI=1S/C16H23IO4/c1-3-4-15(2,17)14(19)21-12-6-10-5-11(12)16(7-10)8-13(18)20-9-16/h10-12H,3-9H2,1-2H3. The van der Waals surface area contributed by atoms with E-state index in [4.69, 9.17) is 9.47 Å². The predicted octanol–water partition coefficient (Wildman–Crippen LogP) is 3.26. The molecule has 1 saturated heterocycles. The van der Waals surface area contributed by atoms with E-state index in [2.05, 4.69) is 29.5 Å². The predicted molar refractivity (Wildman–Crippen MR) is 86.1 cm³/mol. The minimum atomic E-state index is -0.441. The van der Waals surface area contributed by atoms with Gasteiger partial charge in [0.05, 0.1) is 13.0 Å². The van der Waals surface area contributed by atoms with E-state index in [1.165, 1.54) is 0 Å². The van der Waals surface area contributed by atoms with Crippen LogP contribution in [0.25, 0.3) is 0 Å². The molecule has 5 atom stereocenters. The lowest BCUT2D eigenvalue weighted by molar-refractivity contribution is -0.156. The molecule has 1 aliphatic heterocycles. The molecule has 21 heavy (non-hydrogen) atoms. The maximum Gasteiger partial charge on any atom is 0.322 e. The highest BCUT2D eigenvalue weighted by Gasteiger charge is 2.60. The zero-order valence-corrected chi connectivity index (χ0v) is 14.9. The van der Waals surface area contributed by atoms with Crippen LogP contribution in [0.1, 0.15) is 52.4 Å². The minimum absolute atomic E-state index is 0.0169. The zero-order valence-electron chi connectivity index (χ0n) is 12.7. The zero-order chi connectivity index (χ0) is 15.3. The molecular formula is C16H23IO4. The Labute approximate surface area is 139 Å². The van der Waals surface area contributed by atoms with Crippen LogP contribution in [0.3, 0.4) is 0 Å². The molecule has 0 amide bonds. The monoisotopic (exact) mass is 406 g/mol. The third-order valence-corrected chi connectivity index (χ3v) is 6.48. The number of esters is 2. The summed E-state index contributed by atoms with van der Waals surface area (Å²) >= 11 is 2.21. The molecule has 3 rings (SSSR count). The second kappa shape index (κ2) is 5.39. The number of halogens is 1. The normalized spacial score (nSPS) is 40.3. The lowest BCUT2D eigenvalue weighted by Crippen LogP contribution is -2.42. The fraction of sp³-hybridized carbons (Fsp3) is 0.875. The van der Waals surface area contributed by atoms with E-state index in [-0.39, 0.29) is 23.5 Å². The molecule has 4 nitrogen and oxygen atoms in total. The van der Waals surface area contributed by atoms with E-state index < -0.39 is 3.42 Å². The van der Waals surface area contributed by atoms with Gasteiger partial charge in [-0.3, -0.25) is 9.59 Å². The lowest BCUT2D eigenvalue weighted by atomic mass is 9.71. The van der Waals surface area contributed by atoms with Crippen molar-refractivity contribution in [3.8, 4) is 0 Å². The topological polar surface area (TPSA) is 52.6 Å². The van der Waals surface area contributed by atoms with Crippen LogP contribution in [-0.4, -0.2) is 28.1 Å². The minimum Gasteiger partial charge on any atom is -0.465 e. The second-order valence-corrected chi connectivity index (χ2v) is 9.62. The first kappa shape index (κ1) is 15.6. The average molecular weight is 406 g/mol. The summed E-state index contributed by atoms with van der Waals surface area (Å²) in [6, 6.07) is 0. The van der Waals surface area contributed by atoms with E-state index in [1.54, 1.807) is 0 Å². The Morgan fingerprint density at radius 3 is 2.86 bits per heavy atom. The van der Waals surface area contributed by atoms with E-state index in [9.17, 15) is 9.59 Å². The number of hydrogen-bond acceptors (Lipinski definition) is 4. The molecule has 1 spiro atoms. The quantitative estimate of drug-likeness (QED) is 0.409. The maximum atomic E-state index is 12.4. The van der Waals surface area contributed by atoms with Gasteiger partial charge < -0.3 is 9.47 Å². The van der Waals surface area contributed by atoms with Crippen molar-refractivity contribution in [2.24, 2.45) is 17.3 Å². The molecule has 2 aliphatic carbocycles. The van der Waals surface area contributed by atoms with Crippen molar-refractivity contribution in [1.29, 1.82) is 0 Å². The average Bonchev–Trinajstić information content (AvgIpc) is 3.04. The van der Waals surface area contributed by atoms with Gasteiger partial charge in [-0.1, -0.05) is 35.9 Å². The van der Waals surface area contributed by atoms with Crippen molar-refractivity contribution >= 4 is 34.5 Å². The SMILES string of the molecule is CCCC(C)(I)C(=O)OC1CC2CC1C1(COC(=O)C1)C2. The number of carbonyl (C=O) groups is 2. The molecule has 0 N–H and O–H groups in total. The van der Waals surface area contributed by atoms with Crippen LogP contribution in [0.15, 0.2) is 0 Å². The maximum absolute atomic E-state index is 12.4. The van der Waals surface area contributed by atoms with Gasteiger partial charge in [0, 0.05) is 11.3 Å². The van der Waals surface area contributed by atoms with Crippen LogP contribution >= 0.6 is 22.6 Å². The summed E-state index contributed by atoms with van der Waals surface area (Å²) in [5.41, 5.74) is -0.0443. The van der Waals surface area contributed by atoms with Gasteiger partial charge in [-0.15, -0.1) is 0 Å². The van der Waals surface area contributed by atoms with Gasteiger partial charge in [0.25, 0.3) is 0 Å². The number of ether oxygens (including phenoxy) is 2. The number of carbonyl (C=O) groups excluding carboxylic acids is 2. The highest BCUT2D eigenvalue weighted by atomic mass is 127. The summed E-state index contributed by atoms with van der Waals surface area (Å²) in [6.07, 6.45) is 5.41. The molecule has 2 bridgehead atoms. The van der Waals surface area contributed by atoms with Gasteiger partial charge in [0.2, 0.25) is 0 Å². The Bertz CT molecular complexity index is 461. The third kappa shape index (κ3) is 2.70. The van der Waals surface area contributed by atoms with Crippen molar-refractivity contribution in [3.63, 3.8) is 0 Å². The van der Waals surface area contributed by atoms with Crippen LogP contribution < -0.4 is 0 Å². The summed E-state index contributed by atoms with van der Waals surface area (Å²) in [6.45, 7) is 4.56. The molecule has 0 aromatic heterocycles. The van der Waals surface area contributed by atoms with Crippen molar-refractivity contribution in [2.75, 3.05) is 6.61 Å². The first-order chi connectivity index (χ1) is 9.86. The van der Waals surface area contributed by atoms with Gasteiger partial charge in [-0.25, -0.2) is 0 Å². The van der Waals surface area contributed by atoms with Crippen LogP contribution in [0.4, 0.5) is 0 Å². The number of fused-ring (bicyclic) bond motifs is 3. The molecular weight excluding hydrogens is 383 g/mol. The van der Waals surface area contributed by atoms with Gasteiger partial charge in [-0.05, 0) is 38.5 Å². The second-order valence-electron chi connectivity index (χ2n) is 7.24. The van der Waals surface area contributed by atoms with Crippen molar-refractivity contribution in [3.05, 3.63) is 0 Å². The fourth-order valence-corrected chi connectivity index (χ4v) is 5.25. The number of cyclic esters (lactones) is 1. The Kier molecular flexibility index (Phi) is 3.99. The van der Waals surface area contributed by atoms with Gasteiger partial charge in [-0.2, -0.15) is 0 Å². The summed E-state index contributed by atoms with van der Waals surface area (Å²) in [5, 5.41) is 0. The largest absolute Gasteiger partial charge is 0.465 e. The summed E-state index contributed by atoms with van der Waals surface area (Å²) in [5.74, 6) is 0.723. The van der Waals surface area contributed by atoms with Crippen LogP contribution in [0.5, 0.6) is 0 Å². The smallest absolute Gasteiger partial charge is 0.322 e. The van der Waals surface area contributed by atoms with E-state index in [0.717, 1.165) is 32.1 Å². The summed E-state index contributed by atoms with van der Waals surface area (Å²) < 4.78 is 10.7. The molecule has 3 fully saturated rings. The first-order valence-electron chi connectivity index (χ1n) is 7.92. The Morgan fingerprint density at radius 2 is 2.29 bits per heavy atom. The Hall–Kier alpha value is -0.330. The van der Waals surface area contributed by atoms with Crippen LogP contribution in [0, 0.1) is 17.3 Å². The highest BCUT2D eigenvalue weighted by molar-refractivity contribution is 14.1. The number of hydrogen-bond donors (Lipinski definition) is 0. The van der Waals surface area contributed by atoms with Crippen LogP contribution in [-0.2, 0) is 19.1 Å². The molecule has 5 heteroatoms. The van der Waals surface area contributed by atoms with E-state index in [0.29, 0.717) is 24.9 Å². The number of rotatable bonds is 4. The molecule has 2 saturated carbocycles. The molecule has 1 heterocycles. The summed E-state index contributed by atoms with van der Waals surface area (Å²) in [4.78, 5) is 23.9. The first-order valence-corrected chi connectivity index (χ1v) is 9.00. The Morgan fingerprint density at radius 1 is 1.52 bits per heavy atom. The third-order valence-electron chi connectivity index (χ3n) is 5.50. The Balaban J connectivity index is 1.68. The van der Waals surface area contributed by atoms with E-state index >= 15 is 0 Å². The molecule has 0 aromatic carbocycles. The van der Waals surface area contributed by atoms with Crippen molar-refractivity contribution in [1.82, 2.24) is 0 Å². The highest BCUT2D eigenvalue weighted by Crippen LogP contribution is 2.60. The van der Waals surface area contributed by atoms with Crippen molar-refractivity contribution < 1.29 is 19.1 Å². The molecule has 118 valence electrons. The van der Waals surface area contributed by atoms with Gasteiger partial charge in [0.15, 0.2) is 0 Å². The van der Waals surface area contributed by atoms with Crippen LogP contribution in [0.2, 0.25) is 0 Å². The fourth-order valence-electron chi connectivity index (χ4n) is 4.58. The van der Waals surface area contributed by atoms with Crippen molar-refractivity contribution in [2.45, 2.75) is 61.9 Å². The summed E-state index contributed by atoms with van der Waals surface area (Å²) in [7, 11) is 0. The van der Waals surface area contributed by atoms with Gasteiger partial charge in [0.1, 0.15) is 9.53 Å². The molecule has 3 aliphatic rings. The number of alkyl halides is 1. The van der Waals surface area contributed by atoms with E-state index in [1.807, 2.05) is 6.92 Å².